The smallest absolute Gasteiger partial charge is 0.293 e. The molecule has 1 saturated heterocycles. The Labute approximate surface area is 154 Å². The number of aryl methyl sites for hydroxylation is 1. The fourth-order valence-electron chi connectivity index (χ4n) is 3.11. The van der Waals surface area contributed by atoms with Crippen molar-refractivity contribution in [2.75, 3.05) is 38.1 Å². The maximum Gasteiger partial charge on any atom is 0.293 e. The average Bonchev–Trinajstić information content (AvgIpc) is 2.64. The van der Waals surface area contributed by atoms with Crippen molar-refractivity contribution in [3.05, 3.63) is 64.2 Å². The molecule has 1 aromatic carbocycles. The molecule has 0 aliphatic carbocycles. The highest BCUT2D eigenvalue weighted by Crippen LogP contribution is 2.11. The zero-order valence-corrected chi connectivity index (χ0v) is 15.4. The summed E-state index contributed by atoms with van der Waals surface area (Å²) < 4.78 is 7.35. The molecule has 0 saturated carbocycles. The van der Waals surface area contributed by atoms with Gasteiger partial charge in [-0.25, -0.2) is 4.98 Å². The van der Waals surface area contributed by atoms with Crippen molar-refractivity contribution in [2.45, 2.75) is 13.0 Å². The summed E-state index contributed by atoms with van der Waals surface area (Å²) in [5.74, 6) is 0.371. The van der Waals surface area contributed by atoms with Crippen molar-refractivity contribution in [1.82, 2.24) is 14.5 Å². The van der Waals surface area contributed by atoms with Crippen LogP contribution in [0.2, 0.25) is 0 Å². The molecule has 3 rings (SSSR count). The van der Waals surface area contributed by atoms with Crippen LogP contribution in [0.1, 0.15) is 12.5 Å². The van der Waals surface area contributed by atoms with Crippen molar-refractivity contribution in [3.8, 4) is 0 Å². The van der Waals surface area contributed by atoms with Crippen LogP contribution in [0.3, 0.4) is 0 Å². The summed E-state index contributed by atoms with van der Waals surface area (Å²) in [5.41, 5.74) is 2.42. The standard InChI is InChI=1S/C20H26N4O2/c1-16(12-17-6-4-3-5-7-17)14-24-10-11-26-18(15-24)13-22-19-20(25)23(2)9-8-21-19/h3-9,12,18H,10-11,13-15H2,1-2H3,(H,21,22)/b16-12+. The number of benzene rings is 1. The Morgan fingerprint density at radius 1 is 1.38 bits per heavy atom. The van der Waals surface area contributed by atoms with Gasteiger partial charge in [0, 0.05) is 45.6 Å². The van der Waals surface area contributed by atoms with Gasteiger partial charge in [-0.2, -0.15) is 0 Å². The maximum absolute atomic E-state index is 12.0. The van der Waals surface area contributed by atoms with E-state index in [0.717, 1.165) is 19.6 Å². The topological polar surface area (TPSA) is 59.4 Å². The van der Waals surface area contributed by atoms with E-state index in [1.54, 1.807) is 19.4 Å². The normalized spacial score (nSPS) is 18.7. The van der Waals surface area contributed by atoms with E-state index in [0.29, 0.717) is 19.0 Å². The summed E-state index contributed by atoms with van der Waals surface area (Å²) in [5, 5.41) is 3.13. The van der Waals surface area contributed by atoms with Crippen LogP contribution in [0.5, 0.6) is 0 Å². The molecule has 1 aliphatic heterocycles. The molecule has 2 heterocycles. The largest absolute Gasteiger partial charge is 0.374 e. The van der Waals surface area contributed by atoms with Gasteiger partial charge in [0.2, 0.25) is 0 Å². The molecule has 0 spiro atoms. The second kappa shape index (κ2) is 8.78. The van der Waals surface area contributed by atoms with E-state index >= 15 is 0 Å². The van der Waals surface area contributed by atoms with Crippen molar-refractivity contribution in [2.24, 2.45) is 7.05 Å². The van der Waals surface area contributed by atoms with E-state index in [9.17, 15) is 4.79 Å². The van der Waals surface area contributed by atoms with E-state index in [-0.39, 0.29) is 11.7 Å². The summed E-state index contributed by atoms with van der Waals surface area (Å²) in [6, 6.07) is 10.4. The molecule has 1 fully saturated rings. The fourth-order valence-corrected chi connectivity index (χ4v) is 3.11. The van der Waals surface area contributed by atoms with Crippen LogP contribution in [0.15, 0.2) is 53.1 Å². The minimum atomic E-state index is -0.123. The van der Waals surface area contributed by atoms with E-state index < -0.39 is 0 Å². The van der Waals surface area contributed by atoms with Crippen LogP contribution in [0.25, 0.3) is 6.08 Å². The number of rotatable bonds is 6. The lowest BCUT2D eigenvalue weighted by atomic mass is 10.1. The molecule has 0 radical (unpaired) electrons. The molecule has 1 N–H and O–H groups in total. The SMILES string of the molecule is C/C(=C\c1ccccc1)CN1CCOC(CNc2nccn(C)c2=O)C1. The Morgan fingerprint density at radius 3 is 3.00 bits per heavy atom. The molecule has 6 heteroatoms. The number of anilines is 1. The van der Waals surface area contributed by atoms with Gasteiger partial charge < -0.3 is 14.6 Å². The molecule has 6 nitrogen and oxygen atoms in total. The van der Waals surface area contributed by atoms with Crippen LogP contribution in [0, 0.1) is 0 Å². The quantitative estimate of drug-likeness (QED) is 0.860. The van der Waals surface area contributed by atoms with Gasteiger partial charge in [0.05, 0.1) is 12.7 Å². The predicted molar refractivity (Wildman–Crippen MR) is 104 cm³/mol. The Hall–Kier alpha value is -2.44. The molecular weight excluding hydrogens is 328 g/mol. The summed E-state index contributed by atoms with van der Waals surface area (Å²) in [7, 11) is 1.72. The van der Waals surface area contributed by atoms with Crippen LogP contribution < -0.4 is 10.9 Å². The molecule has 1 unspecified atom stereocenters. The lowest BCUT2D eigenvalue weighted by molar-refractivity contribution is -0.0177. The van der Waals surface area contributed by atoms with Gasteiger partial charge in [0.1, 0.15) is 0 Å². The molecule has 0 amide bonds. The molecule has 1 atom stereocenters. The first-order chi connectivity index (χ1) is 12.6. The number of hydrogen-bond acceptors (Lipinski definition) is 5. The number of ether oxygens (including phenoxy) is 1. The van der Waals surface area contributed by atoms with E-state index in [1.165, 1.54) is 15.7 Å². The number of morpholine rings is 1. The molecule has 2 aromatic rings. The molecule has 1 aliphatic rings. The summed E-state index contributed by atoms with van der Waals surface area (Å²) in [6.07, 6.45) is 5.53. The second-order valence-electron chi connectivity index (χ2n) is 6.70. The molecule has 138 valence electrons. The van der Waals surface area contributed by atoms with Gasteiger partial charge in [-0.1, -0.05) is 42.0 Å². The number of hydrogen-bond donors (Lipinski definition) is 1. The summed E-state index contributed by atoms with van der Waals surface area (Å²) in [6.45, 7) is 6.10. The lowest BCUT2D eigenvalue weighted by Crippen LogP contribution is -2.46. The second-order valence-corrected chi connectivity index (χ2v) is 6.70. The van der Waals surface area contributed by atoms with Crippen LogP contribution in [0.4, 0.5) is 5.82 Å². The fraction of sp³-hybridized carbons (Fsp3) is 0.400. The minimum absolute atomic E-state index is 0.0417. The first-order valence-corrected chi connectivity index (χ1v) is 8.93. The van der Waals surface area contributed by atoms with Crippen molar-refractivity contribution < 1.29 is 4.74 Å². The van der Waals surface area contributed by atoms with Gasteiger partial charge in [0.25, 0.3) is 5.56 Å². The number of nitrogens with one attached hydrogen (secondary N) is 1. The zero-order chi connectivity index (χ0) is 18.4. The number of aromatic nitrogens is 2. The summed E-state index contributed by atoms with van der Waals surface area (Å²) >= 11 is 0. The third-order valence-corrected chi connectivity index (χ3v) is 4.42. The average molecular weight is 354 g/mol. The molecule has 0 bridgehead atoms. The van der Waals surface area contributed by atoms with Gasteiger partial charge in [-0.15, -0.1) is 0 Å². The van der Waals surface area contributed by atoms with Crippen LogP contribution in [-0.4, -0.2) is 53.3 Å². The van der Waals surface area contributed by atoms with Gasteiger partial charge in [-0.05, 0) is 12.5 Å². The lowest BCUT2D eigenvalue weighted by Gasteiger charge is -2.33. The van der Waals surface area contributed by atoms with Gasteiger partial charge >= 0.3 is 0 Å². The summed E-state index contributed by atoms with van der Waals surface area (Å²) in [4.78, 5) is 18.5. The maximum atomic E-state index is 12.0. The number of nitrogens with zero attached hydrogens (tertiary/aromatic N) is 3. The molecule has 1 aromatic heterocycles. The van der Waals surface area contributed by atoms with E-state index in [4.69, 9.17) is 4.74 Å². The highest BCUT2D eigenvalue weighted by Gasteiger charge is 2.20. The van der Waals surface area contributed by atoms with Gasteiger partial charge in [0.15, 0.2) is 5.82 Å². The Kier molecular flexibility index (Phi) is 6.20. The predicted octanol–water partition coefficient (Wildman–Crippen LogP) is 2.00. The molecular formula is C20H26N4O2. The Balaban J connectivity index is 1.53. The van der Waals surface area contributed by atoms with Crippen molar-refractivity contribution in [1.29, 1.82) is 0 Å². The van der Waals surface area contributed by atoms with E-state index in [2.05, 4.69) is 52.5 Å². The highest BCUT2D eigenvalue weighted by atomic mass is 16.5. The van der Waals surface area contributed by atoms with Gasteiger partial charge in [-0.3, -0.25) is 9.69 Å². The van der Waals surface area contributed by atoms with Crippen LogP contribution >= 0.6 is 0 Å². The third-order valence-electron chi connectivity index (χ3n) is 4.42. The monoisotopic (exact) mass is 354 g/mol. The molecule has 26 heavy (non-hydrogen) atoms. The van der Waals surface area contributed by atoms with Crippen molar-refractivity contribution >= 4 is 11.9 Å². The minimum Gasteiger partial charge on any atom is -0.374 e. The zero-order valence-electron chi connectivity index (χ0n) is 15.4. The third kappa shape index (κ3) is 5.03. The van der Waals surface area contributed by atoms with Crippen molar-refractivity contribution in [3.63, 3.8) is 0 Å². The van der Waals surface area contributed by atoms with Crippen LogP contribution in [-0.2, 0) is 11.8 Å². The first kappa shape index (κ1) is 18.4. The Morgan fingerprint density at radius 2 is 2.19 bits per heavy atom. The van der Waals surface area contributed by atoms with E-state index in [1.807, 2.05) is 6.07 Å². The Bertz CT molecular complexity index is 801. The first-order valence-electron chi connectivity index (χ1n) is 8.93. The highest BCUT2D eigenvalue weighted by molar-refractivity contribution is 5.52.